The molecule has 140 valence electrons. The van der Waals surface area contributed by atoms with Crippen LogP contribution < -0.4 is 20.9 Å². The Morgan fingerprint density at radius 3 is 2.78 bits per heavy atom. The van der Waals surface area contributed by atoms with Crippen molar-refractivity contribution in [2.24, 2.45) is 7.05 Å². The maximum absolute atomic E-state index is 12.4. The van der Waals surface area contributed by atoms with Crippen molar-refractivity contribution in [2.45, 2.75) is 13.5 Å². The van der Waals surface area contributed by atoms with Gasteiger partial charge in [-0.15, -0.1) is 0 Å². The molecule has 8 nitrogen and oxygen atoms in total. The van der Waals surface area contributed by atoms with Crippen molar-refractivity contribution < 1.29 is 14.3 Å². The molecule has 0 aliphatic heterocycles. The number of fused-ring (bicyclic) bond motifs is 1. The van der Waals surface area contributed by atoms with Gasteiger partial charge in [0.2, 0.25) is 5.88 Å². The molecule has 8 heteroatoms. The summed E-state index contributed by atoms with van der Waals surface area (Å²) in [6.45, 7) is 2.57. The van der Waals surface area contributed by atoms with E-state index in [0.29, 0.717) is 18.1 Å². The molecule has 0 radical (unpaired) electrons. The number of hydrogen-bond donors (Lipinski definition) is 3. The molecule has 0 fully saturated rings. The van der Waals surface area contributed by atoms with Gasteiger partial charge in [0, 0.05) is 42.5 Å². The Morgan fingerprint density at radius 2 is 1.96 bits per heavy atom. The number of hydrazine groups is 1. The minimum atomic E-state index is -0.533. The number of carbonyl (C=O) groups excluding carboxylic acids is 2. The molecule has 2 aromatic heterocycles. The van der Waals surface area contributed by atoms with Crippen molar-refractivity contribution in [3.05, 3.63) is 59.9 Å². The van der Waals surface area contributed by atoms with Gasteiger partial charge in [-0.2, -0.15) is 0 Å². The lowest BCUT2D eigenvalue weighted by Gasteiger charge is -2.11. The summed E-state index contributed by atoms with van der Waals surface area (Å²) in [4.78, 5) is 28.5. The van der Waals surface area contributed by atoms with E-state index in [-0.39, 0.29) is 6.54 Å². The van der Waals surface area contributed by atoms with Crippen molar-refractivity contribution in [2.75, 3.05) is 6.61 Å². The van der Waals surface area contributed by atoms with Gasteiger partial charge in [-0.05, 0) is 19.1 Å². The highest BCUT2D eigenvalue weighted by Gasteiger charge is 2.14. The molecular weight excluding hydrogens is 346 g/mol. The van der Waals surface area contributed by atoms with Crippen LogP contribution in [0.25, 0.3) is 10.9 Å². The maximum Gasteiger partial charge on any atom is 0.333 e. The molecular formula is C19H21N5O3. The quantitative estimate of drug-likeness (QED) is 0.602. The second-order valence-electron chi connectivity index (χ2n) is 5.83. The van der Waals surface area contributed by atoms with Crippen molar-refractivity contribution in [1.29, 1.82) is 0 Å². The van der Waals surface area contributed by atoms with E-state index in [0.717, 1.165) is 16.5 Å². The zero-order valence-electron chi connectivity index (χ0n) is 15.2. The van der Waals surface area contributed by atoms with Gasteiger partial charge in [-0.3, -0.25) is 10.2 Å². The van der Waals surface area contributed by atoms with Gasteiger partial charge in [0.25, 0.3) is 5.91 Å². The average molecular weight is 367 g/mol. The fourth-order valence-corrected chi connectivity index (χ4v) is 2.75. The molecule has 0 aliphatic rings. The third-order valence-corrected chi connectivity index (χ3v) is 4.00. The summed E-state index contributed by atoms with van der Waals surface area (Å²) in [5.41, 5.74) is 6.94. The number of rotatable bonds is 5. The number of benzene rings is 1. The van der Waals surface area contributed by atoms with Crippen LogP contribution in [0.2, 0.25) is 0 Å². The Labute approximate surface area is 156 Å². The lowest BCUT2D eigenvalue weighted by atomic mass is 10.2. The second-order valence-corrected chi connectivity index (χ2v) is 5.83. The molecule has 0 saturated carbocycles. The largest absolute Gasteiger partial charge is 0.478 e. The number of aryl methyl sites for hydroxylation is 1. The van der Waals surface area contributed by atoms with Gasteiger partial charge in [0.15, 0.2) is 0 Å². The van der Waals surface area contributed by atoms with Crippen molar-refractivity contribution in [3.63, 3.8) is 0 Å². The summed E-state index contributed by atoms with van der Waals surface area (Å²) < 4.78 is 7.28. The van der Waals surface area contributed by atoms with Crippen LogP contribution in [0.1, 0.15) is 22.8 Å². The molecule has 3 aromatic rings. The summed E-state index contributed by atoms with van der Waals surface area (Å²) in [6, 6.07) is 10.6. The number of urea groups is 1. The van der Waals surface area contributed by atoms with E-state index >= 15 is 0 Å². The first-order valence-electron chi connectivity index (χ1n) is 8.55. The van der Waals surface area contributed by atoms with E-state index in [1.54, 1.807) is 18.5 Å². The monoisotopic (exact) mass is 367 g/mol. The van der Waals surface area contributed by atoms with Crippen LogP contribution in [-0.2, 0) is 13.6 Å². The number of carbonyl (C=O) groups is 2. The average Bonchev–Trinajstić information content (AvgIpc) is 3.03. The van der Waals surface area contributed by atoms with Gasteiger partial charge in [-0.1, -0.05) is 24.3 Å². The number of pyridine rings is 1. The highest BCUT2D eigenvalue weighted by molar-refractivity contribution is 6.07. The predicted octanol–water partition coefficient (Wildman–Crippen LogP) is 2.12. The van der Waals surface area contributed by atoms with E-state index in [1.807, 2.05) is 48.9 Å². The Morgan fingerprint density at radius 1 is 1.15 bits per heavy atom. The zero-order chi connectivity index (χ0) is 19.2. The molecule has 0 saturated heterocycles. The fraction of sp³-hybridized carbons (Fsp3) is 0.211. The summed E-state index contributed by atoms with van der Waals surface area (Å²) in [5.74, 6) is 0.0819. The third kappa shape index (κ3) is 4.17. The molecule has 27 heavy (non-hydrogen) atoms. The Bertz CT molecular complexity index is 967. The normalized spacial score (nSPS) is 10.4. The summed E-state index contributed by atoms with van der Waals surface area (Å²) in [5, 5.41) is 3.47. The molecule has 3 rings (SSSR count). The molecule has 2 heterocycles. The first-order chi connectivity index (χ1) is 13.1. The summed E-state index contributed by atoms with van der Waals surface area (Å²) >= 11 is 0. The number of hydrogen-bond acceptors (Lipinski definition) is 4. The van der Waals surface area contributed by atoms with Crippen LogP contribution in [0.4, 0.5) is 4.79 Å². The van der Waals surface area contributed by atoms with E-state index in [1.165, 1.54) is 0 Å². The number of nitrogens with one attached hydrogen (secondary N) is 3. The number of ether oxygens (including phenoxy) is 1. The van der Waals surface area contributed by atoms with Gasteiger partial charge < -0.3 is 14.6 Å². The lowest BCUT2D eigenvalue weighted by Crippen LogP contribution is -2.46. The van der Waals surface area contributed by atoms with E-state index in [9.17, 15) is 9.59 Å². The lowest BCUT2D eigenvalue weighted by molar-refractivity contribution is 0.0937. The van der Waals surface area contributed by atoms with E-state index < -0.39 is 11.9 Å². The predicted molar refractivity (Wildman–Crippen MR) is 101 cm³/mol. The number of para-hydroxylation sites is 1. The minimum Gasteiger partial charge on any atom is -0.478 e. The number of amides is 3. The van der Waals surface area contributed by atoms with Gasteiger partial charge in [-0.25, -0.2) is 15.2 Å². The third-order valence-electron chi connectivity index (χ3n) is 4.00. The van der Waals surface area contributed by atoms with Crippen LogP contribution in [0.15, 0.2) is 48.8 Å². The van der Waals surface area contributed by atoms with Gasteiger partial charge in [0.1, 0.15) is 0 Å². The Kier molecular flexibility index (Phi) is 5.55. The van der Waals surface area contributed by atoms with Crippen molar-refractivity contribution >= 4 is 22.8 Å². The van der Waals surface area contributed by atoms with Crippen LogP contribution in [0.3, 0.4) is 0 Å². The van der Waals surface area contributed by atoms with E-state index in [2.05, 4.69) is 21.2 Å². The minimum absolute atomic E-state index is 0.221. The Balaban J connectivity index is 1.57. The maximum atomic E-state index is 12.4. The molecule has 3 amide bonds. The fourth-order valence-electron chi connectivity index (χ4n) is 2.75. The van der Waals surface area contributed by atoms with Gasteiger partial charge >= 0.3 is 6.03 Å². The SMILES string of the molecule is CCOc1ncccc1CNC(=O)NNC(=O)c1cn(C)c2ccccc12. The molecule has 0 spiro atoms. The van der Waals surface area contributed by atoms with Crippen molar-refractivity contribution in [1.82, 2.24) is 25.7 Å². The molecule has 0 atom stereocenters. The van der Waals surface area contributed by atoms with Gasteiger partial charge in [0.05, 0.1) is 12.2 Å². The van der Waals surface area contributed by atoms with Crippen LogP contribution in [0.5, 0.6) is 5.88 Å². The van der Waals surface area contributed by atoms with Crippen LogP contribution in [0, 0.1) is 0 Å². The first kappa shape index (κ1) is 18.2. The molecule has 0 aliphatic carbocycles. The topological polar surface area (TPSA) is 97.3 Å². The van der Waals surface area contributed by atoms with Crippen LogP contribution in [-0.4, -0.2) is 28.1 Å². The summed E-state index contributed by atoms with van der Waals surface area (Å²) in [6.07, 6.45) is 3.35. The zero-order valence-corrected chi connectivity index (χ0v) is 15.2. The van der Waals surface area contributed by atoms with E-state index in [4.69, 9.17) is 4.74 Å². The highest BCUT2D eigenvalue weighted by Crippen LogP contribution is 2.19. The van der Waals surface area contributed by atoms with Crippen molar-refractivity contribution in [3.8, 4) is 5.88 Å². The molecule has 1 aromatic carbocycles. The molecule has 3 N–H and O–H groups in total. The molecule has 0 bridgehead atoms. The van der Waals surface area contributed by atoms with Crippen LogP contribution >= 0.6 is 0 Å². The molecule has 0 unspecified atom stereocenters. The summed E-state index contributed by atoms with van der Waals surface area (Å²) in [7, 11) is 1.86. The first-order valence-corrected chi connectivity index (χ1v) is 8.55. The standard InChI is InChI=1S/C19H21N5O3/c1-3-27-18-13(7-6-10-20-18)11-21-19(26)23-22-17(25)15-12-24(2)16-9-5-4-8-14(15)16/h4-10,12H,3,11H2,1-2H3,(H,22,25)(H2,21,23,26). The number of nitrogens with zero attached hydrogens (tertiary/aromatic N) is 2. The smallest absolute Gasteiger partial charge is 0.333 e. The highest BCUT2D eigenvalue weighted by atomic mass is 16.5. The number of aromatic nitrogens is 2. The Hall–Kier alpha value is -3.55. The second kappa shape index (κ2) is 8.22.